The highest BCUT2D eigenvalue weighted by atomic mass is 16.3. The number of hydrogen-bond donors (Lipinski definition) is 2. The van der Waals surface area contributed by atoms with Gasteiger partial charge in [0.05, 0.1) is 0 Å². The van der Waals surface area contributed by atoms with E-state index in [1.165, 1.54) is 12.8 Å². The van der Waals surface area contributed by atoms with Crippen LogP contribution in [0.15, 0.2) is 24.3 Å². The lowest BCUT2D eigenvalue weighted by Gasteiger charge is -2.36. The van der Waals surface area contributed by atoms with Gasteiger partial charge < -0.3 is 20.2 Å². The number of hydrogen-bond acceptors (Lipinski definition) is 4. The molecule has 5 heteroatoms. The van der Waals surface area contributed by atoms with Crippen LogP contribution in [0.25, 0.3) is 0 Å². The van der Waals surface area contributed by atoms with Crippen molar-refractivity contribution in [3.05, 3.63) is 24.3 Å². The summed E-state index contributed by atoms with van der Waals surface area (Å²) in [5, 5.41) is 12.7. The molecule has 21 heavy (non-hydrogen) atoms. The molecule has 5 nitrogen and oxygen atoms in total. The molecule has 2 aliphatic rings. The molecule has 1 saturated carbocycles. The molecule has 1 amide bonds. The first-order valence-electron chi connectivity index (χ1n) is 7.77. The molecule has 1 aromatic rings. The third kappa shape index (κ3) is 3.88. The second kappa shape index (κ2) is 6.35. The molecule has 1 aliphatic carbocycles. The van der Waals surface area contributed by atoms with Crippen molar-refractivity contribution in [1.82, 2.24) is 10.2 Å². The first-order chi connectivity index (χ1) is 10.2. The molecule has 2 N–H and O–H groups in total. The summed E-state index contributed by atoms with van der Waals surface area (Å²) in [5.74, 6) is 0.546. The second-order valence-corrected chi connectivity index (χ2v) is 5.86. The number of rotatable bonds is 5. The number of piperazine rings is 1. The average molecular weight is 289 g/mol. The fourth-order valence-corrected chi connectivity index (χ4v) is 2.71. The van der Waals surface area contributed by atoms with E-state index < -0.39 is 0 Å². The topological polar surface area (TPSA) is 55.8 Å². The van der Waals surface area contributed by atoms with Gasteiger partial charge >= 0.3 is 0 Å². The largest absolute Gasteiger partial charge is 0.508 e. The monoisotopic (exact) mass is 289 g/mol. The van der Waals surface area contributed by atoms with E-state index in [2.05, 4.69) is 10.2 Å². The van der Waals surface area contributed by atoms with Gasteiger partial charge in [0.1, 0.15) is 5.75 Å². The Bertz CT molecular complexity index is 477. The van der Waals surface area contributed by atoms with E-state index in [1.807, 2.05) is 17.0 Å². The summed E-state index contributed by atoms with van der Waals surface area (Å²) in [7, 11) is 0. The maximum absolute atomic E-state index is 12.1. The summed E-state index contributed by atoms with van der Waals surface area (Å²) >= 11 is 0. The van der Waals surface area contributed by atoms with Crippen LogP contribution in [0.3, 0.4) is 0 Å². The van der Waals surface area contributed by atoms with Gasteiger partial charge in [0, 0.05) is 50.9 Å². The van der Waals surface area contributed by atoms with E-state index in [0.717, 1.165) is 38.4 Å². The number of nitrogens with zero attached hydrogens (tertiary/aromatic N) is 2. The van der Waals surface area contributed by atoms with Crippen molar-refractivity contribution in [2.24, 2.45) is 0 Å². The van der Waals surface area contributed by atoms with Gasteiger partial charge in [-0.1, -0.05) is 0 Å². The third-order valence-electron chi connectivity index (χ3n) is 4.20. The zero-order valence-electron chi connectivity index (χ0n) is 12.3. The van der Waals surface area contributed by atoms with Crippen molar-refractivity contribution in [3.8, 4) is 5.75 Å². The van der Waals surface area contributed by atoms with Crippen molar-refractivity contribution in [2.75, 3.05) is 37.6 Å². The first kappa shape index (κ1) is 14.2. The number of phenols is 1. The lowest BCUT2D eigenvalue weighted by atomic mass is 10.2. The molecule has 1 aliphatic heterocycles. The maximum atomic E-state index is 12.1. The summed E-state index contributed by atoms with van der Waals surface area (Å²) in [5.41, 5.74) is 1.11. The standard InChI is InChI=1S/C16H23N3O2/c20-15-5-3-14(4-6-15)18-9-11-19(12-10-18)16(21)7-8-17-13-1-2-13/h3-6,13,17,20H,1-2,7-12H2. The molecular formula is C16H23N3O2. The highest BCUT2D eigenvalue weighted by Crippen LogP contribution is 2.20. The van der Waals surface area contributed by atoms with E-state index in [9.17, 15) is 9.90 Å². The number of aromatic hydroxyl groups is 1. The summed E-state index contributed by atoms with van der Waals surface area (Å²) < 4.78 is 0. The molecule has 114 valence electrons. The van der Waals surface area contributed by atoms with Crippen molar-refractivity contribution in [1.29, 1.82) is 0 Å². The van der Waals surface area contributed by atoms with Crippen LogP contribution in [-0.2, 0) is 4.79 Å². The van der Waals surface area contributed by atoms with Crippen molar-refractivity contribution in [3.63, 3.8) is 0 Å². The van der Waals surface area contributed by atoms with Crippen molar-refractivity contribution >= 4 is 11.6 Å². The molecule has 0 aromatic heterocycles. The van der Waals surface area contributed by atoms with Crippen LogP contribution >= 0.6 is 0 Å². The number of carbonyl (C=O) groups is 1. The van der Waals surface area contributed by atoms with Crippen molar-refractivity contribution < 1.29 is 9.90 Å². The highest BCUT2D eigenvalue weighted by Gasteiger charge is 2.23. The molecule has 2 fully saturated rings. The number of amides is 1. The molecule has 0 bridgehead atoms. The predicted molar refractivity (Wildman–Crippen MR) is 82.5 cm³/mol. The number of benzene rings is 1. The van der Waals surface area contributed by atoms with Gasteiger partial charge in [-0.3, -0.25) is 4.79 Å². The van der Waals surface area contributed by atoms with E-state index in [4.69, 9.17) is 0 Å². The molecule has 1 heterocycles. The molecule has 0 spiro atoms. The first-order valence-corrected chi connectivity index (χ1v) is 7.77. The molecule has 1 aromatic carbocycles. The lowest BCUT2D eigenvalue weighted by Crippen LogP contribution is -2.49. The quantitative estimate of drug-likeness (QED) is 0.855. The molecule has 0 radical (unpaired) electrons. The van der Waals surface area contributed by atoms with Crippen LogP contribution in [-0.4, -0.2) is 54.7 Å². The predicted octanol–water partition coefficient (Wildman–Crippen LogP) is 1.18. The van der Waals surface area contributed by atoms with Gasteiger partial charge in [0.2, 0.25) is 5.91 Å². The van der Waals surface area contributed by atoms with E-state index in [-0.39, 0.29) is 11.7 Å². The van der Waals surface area contributed by atoms with Crippen LogP contribution in [0, 0.1) is 0 Å². The summed E-state index contributed by atoms with van der Waals surface area (Å²) in [6.45, 7) is 4.08. The zero-order chi connectivity index (χ0) is 14.7. The van der Waals surface area contributed by atoms with Crippen LogP contribution in [0.5, 0.6) is 5.75 Å². The number of carbonyl (C=O) groups excluding carboxylic acids is 1. The summed E-state index contributed by atoms with van der Waals surface area (Å²) in [6.07, 6.45) is 3.13. The van der Waals surface area contributed by atoms with Gasteiger partial charge in [0.15, 0.2) is 0 Å². The number of anilines is 1. The van der Waals surface area contributed by atoms with Crippen LogP contribution in [0.2, 0.25) is 0 Å². The van der Waals surface area contributed by atoms with Crippen molar-refractivity contribution in [2.45, 2.75) is 25.3 Å². The molecule has 1 saturated heterocycles. The SMILES string of the molecule is O=C(CCNC1CC1)N1CCN(c2ccc(O)cc2)CC1. The van der Waals surface area contributed by atoms with Crippen LogP contribution < -0.4 is 10.2 Å². The summed E-state index contributed by atoms with van der Waals surface area (Å²) in [6, 6.07) is 7.93. The van der Waals surface area contributed by atoms with E-state index >= 15 is 0 Å². The number of nitrogens with one attached hydrogen (secondary N) is 1. The van der Waals surface area contributed by atoms with Crippen LogP contribution in [0.4, 0.5) is 5.69 Å². The fourth-order valence-electron chi connectivity index (χ4n) is 2.71. The van der Waals surface area contributed by atoms with Gasteiger partial charge in [-0.15, -0.1) is 0 Å². The smallest absolute Gasteiger partial charge is 0.223 e. The van der Waals surface area contributed by atoms with E-state index in [0.29, 0.717) is 12.5 Å². The minimum atomic E-state index is 0.258. The third-order valence-corrected chi connectivity index (χ3v) is 4.20. The fraction of sp³-hybridized carbons (Fsp3) is 0.562. The normalized spacial score (nSPS) is 18.9. The number of phenolic OH excluding ortho intramolecular Hbond substituents is 1. The Morgan fingerprint density at radius 3 is 2.43 bits per heavy atom. The zero-order valence-corrected chi connectivity index (χ0v) is 12.3. The molecular weight excluding hydrogens is 266 g/mol. The maximum Gasteiger partial charge on any atom is 0.223 e. The molecule has 0 unspecified atom stereocenters. The second-order valence-electron chi connectivity index (χ2n) is 5.86. The summed E-state index contributed by atoms with van der Waals surface area (Å²) in [4.78, 5) is 16.3. The van der Waals surface area contributed by atoms with Gasteiger partial charge in [-0.25, -0.2) is 0 Å². The Morgan fingerprint density at radius 1 is 1.14 bits per heavy atom. The minimum absolute atomic E-state index is 0.258. The van der Waals surface area contributed by atoms with Gasteiger partial charge in [-0.05, 0) is 37.1 Å². The Kier molecular flexibility index (Phi) is 4.29. The van der Waals surface area contributed by atoms with Crippen LogP contribution in [0.1, 0.15) is 19.3 Å². The van der Waals surface area contributed by atoms with Gasteiger partial charge in [-0.2, -0.15) is 0 Å². The average Bonchev–Trinajstić information content (AvgIpc) is 3.32. The highest BCUT2D eigenvalue weighted by molar-refractivity contribution is 5.76. The van der Waals surface area contributed by atoms with Gasteiger partial charge in [0.25, 0.3) is 0 Å². The molecule has 3 rings (SSSR count). The Hall–Kier alpha value is -1.75. The Balaban J connectivity index is 1.43. The molecule has 0 atom stereocenters. The Labute approximate surface area is 125 Å². The Morgan fingerprint density at radius 2 is 1.81 bits per heavy atom. The van der Waals surface area contributed by atoms with E-state index in [1.54, 1.807) is 12.1 Å². The lowest BCUT2D eigenvalue weighted by molar-refractivity contribution is -0.131. The minimum Gasteiger partial charge on any atom is -0.508 e.